The number of aryl methyl sites for hydroxylation is 2. The Morgan fingerprint density at radius 3 is 2.40 bits per heavy atom. The Hall–Kier alpha value is -3.10. The summed E-state index contributed by atoms with van der Waals surface area (Å²) in [5, 5.41) is 5.03. The van der Waals surface area contributed by atoms with Crippen LogP contribution >= 0.6 is 12.2 Å². The highest BCUT2D eigenvalue weighted by Gasteiger charge is 2.14. The van der Waals surface area contributed by atoms with Gasteiger partial charge in [0.25, 0.3) is 5.56 Å². The van der Waals surface area contributed by atoms with E-state index in [0.717, 1.165) is 35.0 Å². The minimum atomic E-state index is -0.0799. The molecule has 0 amide bonds. The maximum atomic E-state index is 12.9. The Labute approximate surface area is 213 Å². The number of aromatic nitrogens is 1. The first-order chi connectivity index (χ1) is 16.7. The van der Waals surface area contributed by atoms with Gasteiger partial charge in [-0.15, -0.1) is 0 Å². The van der Waals surface area contributed by atoms with E-state index in [-0.39, 0.29) is 5.56 Å². The molecule has 0 aliphatic carbocycles. The largest absolute Gasteiger partial charge is 0.493 e. The minimum Gasteiger partial charge on any atom is -0.493 e. The third-order valence-corrected chi connectivity index (χ3v) is 6.54. The van der Waals surface area contributed by atoms with Gasteiger partial charge in [0.1, 0.15) is 0 Å². The van der Waals surface area contributed by atoms with Crippen molar-refractivity contribution in [1.82, 2.24) is 20.1 Å². The third kappa shape index (κ3) is 6.96. The molecular formula is C27H36N4O3S. The van der Waals surface area contributed by atoms with Crippen LogP contribution in [0.15, 0.2) is 41.2 Å². The lowest BCUT2D eigenvalue weighted by Gasteiger charge is -2.27. The Kier molecular flexibility index (Phi) is 9.12. The standard InChI is InChI=1S/C27H36N4O3S/c1-18-13-21-16-22(26(32)29-23(21)14-19(18)2)17-31(12-11-30(3)4)27(35)28-10-9-20-7-8-24(33-5)25(15-20)34-6/h7-8,13-16H,9-12,17H2,1-6H3,(H,28,35)(H,29,32). The first kappa shape index (κ1) is 26.5. The van der Waals surface area contributed by atoms with Gasteiger partial charge < -0.3 is 29.6 Å². The van der Waals surface area contributed by atoms with Crippen LogP contribution in [-0.2, 0) is 13.0 Å². The smallest absolute Gasteiger partial charge is 0.253 e. The fourth-order valence-electron chi connectivity index (χ4n) is 3.88. The van der Waals surface area contributed by atoms with Crippen molar-refractivity contribution in [3.8, 4) is 11.5 Å². The summed E-state index contributed by atoms with van der Waals surface area (Å²) in [6.07, 6.45) is 0.775. The van der Waals surface area contributed by atoms with E-state index in [1.54, 1.807) is 14.2 Å². The Morgan fingerprint density at radius 2 is 1.71 bits per heavy atom. The van der Waals surface area contributed by atoms with E-state index in [2.05, 4.69) is 40.0 Å². The Morgan fingerprint density at radius 1 is 1.00 bits per heavy atom. The fourth-order valence-corrected chi connectivity index (χ4v) is 4.14. The van der Waals surface area contributed by atoms with Crippen LogP contribution in [0.25, 0.3) is 10.9 Å². The topological polar surface area (TPSA) is 69.8 Å². The predicted octanol–water partition coefficient (Wildman–Crippen LogP) is 3.64. The molecule has 188 valence electrons. The van der Waals surface area contributed by atoms with Gasteiger partial charge in [-0.25, -0.2) is 0 Å². The minimum absolute atomic E-state index is 0.0799. The van der Waals surface area contributed by atoms with Gasteiger partial charge >= 0.3 is 0 Å². The molecule has 2 aromatic carbocycles. The van der Waals surface area contributed by atoms with Crippen molar-refractivity contribution >= 4 is 28.2 Å². The highest BCUT2D eigenvalue weighted by molar-refractivity contribution is 7.80. The van der Waals surface area contributed by atoms with Crippen molar-refractivity contribution in [3.05, 3.63) is 69.0 Å². The zero-order chi connectivity index (χ0) is 25.5. The van der Waals surface area contributed by atoms with Crippen molar-refractivity contribution in [3.63, 3.8) is 0 Å². The Bertz CT molecular complexity index is 1240. The second kappa shape index (κ2) is 12.0. The molecule has 3 aromatic rings. The lowest BCUT2D eigenvalue weighted by atomic mass is 10.0. The highest BCUT2D eigenvalue weighted by atomic mass is 32.1. The predicted molar refractivity (Wildman–Crippen MR) is 147 cm³/mol. The third-order valence-electron chi connectivity index (χ3n) is 6.14. The summed E-state index contributed by atoms with van der Waals surface area (Å²) in [5.41, 5.74) is 4.96. The van der Waals surface area contributed by atoms with Crippen LogP contribution in [0.4, 0.5) is 0 Å². The van der Waals surface area contributed by atoms with E-state index in [1.807, 2.05) is 44.4 Å². The summed E-state index contributed by atoms with van der Waals surface area (Å²) in [4.78, 5) is 20.1. The molecule has 0 bridgehead atoms. The number of rotatable bonds is 10. The van der Waals surface area contributed by atoms with E-state index >= 15 is 0 Å². The van der Waals surface area contributed by atoms with Gasteiger partial charge in [-0.3, -0.25) is 4.79 Å². The molecule has 0 radical (unpaired) electrons. The molecule has 0 fully saturated rings. The number of hydrogen-bond donors (Lipinski definition) is 2. The van der Waals surface area contributed by atoms with Gasteiger partial charge in [-0.05, 0) is 99.0 Å². The summed E-state index contributed by atoms with van der Waals surface area (Å²) in [7, 11) is 7.32. The summed E-state index contributed by atoms with van der Waals surface area (Å²) < 4.78 is 10.7. The average Bonchev–Trinajstić information content (AvgIpc) is 2.82. The summed E-state index contributed by atoms with van der Waals surface area (Å²) in [6, 6.07) is 12.0. The molecule has 1 heterocycles. The first-order valence-corrected chi connectivity index (χ1v) is 12.1. The van der Waals surface area contributed by atoms with Gasteiger partial charge in [-0.2, -0.15) is 0 Å². The second-order valence-electron chi connectivity index (χ2n) is 9.04. The number of methoxy groups -OCH3 is 2. The van der Waals surface area contributed by atoms with E-state index in [4.69, 9.17) is 21.7 Å². The number of nitrogens with one attached hydrogen (secondary N) is 2. The molecular weight excluding hydrogens is 460 g/mol. The van der Waals surface area contributed by atoms with E-state index in [9.17, 15) is 4.79 Å². The zero-order valence-electron chi connectivity index (χ0n) is 21.5. The van der Waals surface area contributed by atoms with Gasteiger partial charge in [0.2, 0.25) is 0 Å². The van der Waals surface area contributed by atoms with Crippen LogP contribution in [0.1, 0.15) is 22.3 Å². The van der Waals surface area contributed by atoms with Crippen molar-refractivity contribution in [2.45, 2.75) is 26.8 Å². The quantitative estimate of drug-likeness (QED) is 0.415. The molecule has 7 nitrogen and oxygen atoms in total. The van der Waals surface area contributed by atoms with Gasteiger partial charge in [-0.1, -0.05) is 6.07 Å². The molecule has 8 heteroatoms. The second-order valence-corrected chi connectivity index (χ2v) is 9.43. The fraction of sp³-hybridized carbons (Fsp3) is 0.407. The summed E-state index contributed by atoms with van der Waals surface area (Å²) in [5.74, 6) is 1.42. The molecule has 0 aliphatic heterocycles. The highest BCUT2D eigenvalue weighted by Crippen LogP contribution is 2.27. The Balaban J connectivity index is 1.72. The lowest BCUT2D eigenvalue weighted by molar-refractivity contribution is 0.322. The number of pyridine rings is 1. The lowest BCUT2D eigenvalue weighted by Crippen LogP contribution is -2.43. The number of fused-ring (bicyclic) bond motifs is 1. The molecule has 0 saturated carbocycles. The number of hydrogen-bond acceptors (Lipinski definition) is 5. The molecule has 0 spiro atoms. The number of aromatic amines is 1. The number of ether oxygens (including phenoxy) is 2. The molecule has 0 saturated heterocycles. The SMILES string of the molecule is COc1ccc(CCNC(=S)N(CCN(C)C)Cc2cc3cc(C)c(C)cc3[nH]c2=O)cc1OC. The van der Waals surface area contributed by atoms with E-state index in [0.29, 0.717) is 41.8 Å². The number of likely N-dealkylation sites (N-methyl/N-ethyl adjacent to an activating group) is 1. The maximum absolute atomic E-state index is 12.9. The van der Waals surface area contributed by atoms with Crippen molar-refractivity contribution in [2.24, 2.45) is 0 Å². The van der Waals surface area contributed by atoms with Crippen LogP contribution in [-0.4, -0.2) is 67.8 Å². The molecule has 0 atom stereocenters. The van der Waals surface area contributed by atoms with Crippen LogP contribution in [0.5, 0.6) is 11.5 Å². The molecule has 35 heavy (non-hydrogen) atoms. The number of nitrogens with zero attached hydrogens (tertiary/aromatic N) is 2. The van der Waals surface area contributed by atoms with E-state index < -0.39 is 0 Å². The molecule has 0 unspecified atom stereocenters. The average molecular weight is 497 g/mol. The van der Waals surface area contributed by atoms with Gasteiger partial charge in [0, 0.05) is 30.7 Å². The number of benzene rings is 2. The maximum Gasteiger partial charge on any atom is 0.253 e. The van der Waals surface area contributed by atoms with Crippen LogP contribution < -0.4 is 20.3 Å². The van der Waals surface area contributed by atoms with E-state index in [1.165, 1.54) is 5.56 Å². The normalized spacial score (nSPS) is 11.1. The molecule has 3 rings (SSSR count). The van der Waals surface area contributed by atoms with Gasteiger partial charge in [0.15, 0.2) is 16.6 Å². The molecule has 1 aromatic heterocycles. The van der Waals surface area contributed by atoms with Crippen molar-refractivity contribution in [1.29, 1.82) is 0 Å². The molecule has 2 N–H and O–H groups in total. The van der Waals surface area contributed by atoms with Crippen LogP contribution in [0.2, 0.25) is 0 Å². The molecule has 0 aliphatic rings. The van der Waals surface area contributed by atoms with Crippen molar-refractivity contribution < 1.29 is 9.47 Å². The summed E-state index contributed by atoms with van der Waals surface area (Å²) in [6.45, 7) is 6.77. The van der Waals surface area contributed by atoms with Crippen LogP contribution in [0, 0.1) is 13.8 Å². The van der Waals surface area contributed by atoms with Gasteiger partial charge in [0.05, 0.1) is 20.8 Å². The van der Waals surface area contributed by atoms with Crippen LogP contribution in [0.3, 0.4) is 0 Å². The number of H-pyrrole nitrogens is 1. The van der Waals surface area contributed by atoms with Crippen molar-refractivity contribution in [2.75, 3.05) is 47.9 Å². The monoisotopic (exact) mass is 496 g/mol. The number of thiocarbonyl (C=S) groups is 1. The summed E-state index contributed by atoms with van der Waals surface area (Å²) >= 11 is 5.75. The zero-order valence-corrected chi connectivity index (χ0v) is 22.3. The first-order valence-electron chi connectivity index (χ1n) is 11.7.